The Balaban J connectivity index is 2.21. The van der Waals surface area contributed by atoms with Crippen LogP contribution in [0, 0.1) is 13.8 Å². The van der Waals surface area contributed by atoms with E-state index in [9.17, 15) is 29.4 Å². The third kappa shape index (κ3) is 5.16. The first-order chi connectivity index (χ1) is 13.2. The molecule has 0 heterocycles. The second-order valence-corrected chi connectivity index (χ2v) is 6.08. The SMILES string of the molecule is Cc1ccc(C(=O)O[C@H](C(=O)O)[C@H](OC(=[OH+])c2ccc(C)cc2)C(=O)O)cc1. The number of aryl methyl sites for hydroxylation is 2. The van der Waals surface area contributed by atoms with E-state index in [4.69, 9.17) is 9.47 Å². The number of benzene rings is 2. The summed E-state index contributed by atoms with van der Waals surface area (Å²) in [4.78, 5) is 45.3. The van der Waals surface area contributed by atoms with E-state index in [1.165, 1.54) is 24.3 Å². The zero-order valence-corrected chi connectivity index (χ0v) is 15.2. The standard InChI is InChI=1S/C20H18O8/c1-11-3-7-13(8-4-11)19(25)27-15(17(21)22)16(18(23)24)28-20(26)14-9-5-12(2)6-10-14/h3-10,15-16H,1-2H3,(H,21,22)(H,23,24)/p+1/t15-,16-/m0/s1. The van der Waals surface area contributed by atoms with Gasteiger partial charge in [0.05, 0.1) is 5.56 Å². The number of esters is 2. The number of ether oxygens (including phenoxy) is 2. The van der Waals surface area contributed by atoms with E-state index in [0.29, 0.717) is 0 Å². The highest BCUT2D eigenvalue weighted by atomic mass is 16.6. The zero-order chi connectivity index (χ0) is 20.8. The van der Waals surface area contributed by atoms with Gasteiger partial charge < -0.3 is 19.7 Å². The predicted octanol–water partition coefficient (Wildman–Crippen LogP) is 1.93. The van der Waals surface area contributed by atoms with Crippen LogP contribution in [0.4, 0.5) is 0 Å². The van der Waals surface area contributed by atoms with Gasteiger partial charge in [0, 0.05) is 0 Å². The van der Waals surface area contributed by atoms with Crippen molar-refractivity contribution in [1.82, 2.24) is 0 Å². The molecule has 2 aromatic carbocycles. The topological polar surface area (TPSA) is 132 Å². The van der Waals surface area contributed by atoms with Crippen molar-refractivity contribution in [1.29, 1.82) is 0 Å². The summed E-state index contributed by atoms with van der Waals surface area (Å²) in [7, 11) is 0. The average Bonchev–Trinajstić information content (AvgIpc) is 2.64. The van der Waals surface area contributed by atoms with Crippen molar-refractivity contribution >= 4 is 23.9 Å². The molecule has 2 aromatic rings. The largest absolute Gasteiger partial charge is 0.518 e. The third-order valence-corrected chi connectivity index (χ3v) is 3.82. The van der Waals surface area contributed by atoms with Gasteiger partial charge in [-0.15, -0.1) is 0 Å². The predicted molar refractivity (Wildman–Crippen MR) is 97.8 cm³/mol. The van der Waals surface area contributed by atoms with E-state index in [1.54, 1.807) is 31.2 Å². The van der Waals surface area contributed by atoms with Crippen LogP contribution in [0.1, 0.15) is 27.0 Å². The smallest absolute Gasteiger partial charge is 0.478 e. The van der Waals surface area contributed by atoms with Crippen LogP contribution in [0.3, 0.4) is 0 Å². The van der Waals surface area contributed by atoms with Gasteiger partial charge in [0.2, 0.25) is 0 Å². The first-order valence-corrected chi connectivity index (χ1v) is 8.22. The minimum Gasteiger partial charge on any atom is -0.478 e. The molecule has 0 spiro atoms. The second-order valence-electron chi connectivity index (χ2n) is 6.08. The van der Waals surface area contributed by atoms with E-state index in [2.05, 4.69) is 0 Å². The monoisotopic (exact) mass is 387 g/mol. The van der Waals surface area contributed by atoms with Crippen molar-refractivity contribution in [3.63, 3.8) is 0 Å². The molecule has 2 atom stereocenters. The molecule has 8 nitrogen and oxygen atoms in total. The first kappa shape index (κ1) is 20.6. The maximum atomic E-state index is 12.2. The summed E-state index contributed by atoms with van der Waals surface area (Å²) in [5, 5.41) is 18.7. The summed E-state index contributed by atoms with van der Waals surface area (Å²) in [5.41, 5.74) is 1.95. The van der Waals surface area contributed by atoms with Gasteiger partial charge in [-0.1, -0.05) is 35.4 Å². The number of hydrogen-bond acceptors (Lipinski definition) is 5. The van der Waals surface area contributed by atoms with Crippen LogP contribution >= 0.6 is 0 Å². The Kier molecular flexibility index (Phi) is 6.49. The van der Waals surface area contributed by atoms with Gasteiger partial charge in [0.15, 0.2) is 0 Å². The minimum atomic E-state index is -2.18. The van der Waals surface area contributed by atoms with Gasteiger partial charge in [-0.05, 0) is 38.1 Å². The molecule has 0 fully saturated rings. The van der Waals surface area contributed by atoms with E-state index in [0.717, 1.165) is 11.1 Å². The summed E-state index contributed by atoms with van der Waals surface area (Å²) < 4.78 is 9.78. The van der Waals surface area contributed by atoms with Crippen LogP contribution in [0.25, 0.3) is 0 Å². The molecule has 28 heavy (non-hydrogen) atoms. The Morgan fingerprint density at radius 2 is 1.14 bits per heavy atom. The maximum Gasteiger partial charge on any atom is 0.518 e. The Morgan fingerprint density at radius 3 is 1.57 bits per heavy atom. The molecule has 8 heteroatoms. The van der Waals surface area contributed by atoms with Gasteiger partial charge >= 0.3 is 30.0 Å². The van der Waals surface area contributed by atoms with Crippen LogP contribution in [-0.2, 0) is 19.1 Å². The lowest BCUT2D eigenvalue weighted by Crippen LogP contribution is -2.46. The Morgan fingerprint density at radius 1 is 0.750 bits per heavy atom. The van der Waals surface area contributed by atoms with Crippen molar-refractivity contribution in [3.8, 4) is 0 Å². The highest BCUT2D eigenvalue weighted by molar-refractivity contribution is 5.95. The molecule has 0 aliphatic rings. The zero-order valence-electron chi connectivity index (χ0n) is 15.2. The Labute approximate surface area is 160 Å². The van der Waals surface area contributed by atoms with Gasteiger partial charge in [-0.3, -0.25) is 4.74 Å². The molecule has 2 rings (SSSR count). The number of carboxylic acid groups (broad SMARTS) is 2. The molecule has 0 radical (unpaired) electrons. The summed E-state index contributed by atoms with van der Waals surface area (Å²) in [6.07, 6.45) is -4.34. The number of hydrogen-bond donors (Lipinski definition) is 2. The lowest BCUT2D eigenvalue weighted by Gasteiger charge is -2.16. The van der Waals surface area contributed by atoms with Crippen molar-refractivity contribution in [2.45, 2.75) is 26.1 Å². The van der Waals surface area contributed by atoms with Crippen LogP contribution in [0.2, 0.25) is 0 Å². The molecule has 0 saturated heterocycles. The third-order valence-electron chi connectivity index (χ3n) is 3.82. The molecule has 0 aliphatic heterocycles. The lowest BCUT2D eigenvalue weighted by atomic mass is 10.1. The number of carbonyl (C=O) groups excluding carboxylic acids is 2. The van der Waals surface area contributed by atoms with E-state index >= 15 is 0 Å². The molecule has 0 unspecified atom stereocenters. The maximum absolute atomic E-state index is 12.2. The summed E-state index contributed by atoms with van der Waals surface area (Å²) in [6.45, 7) is 3.61. The van der Waals surface area contributed by atoms with Crippen molar-refractivity contribution < 1.29 is 38.9 Å². The molecule has 0 aromatic heterocycles. The fraction of sp³-hybridized carbons (Fsp3) is 0.200. The van der Waals surface area contributed by atoms with Crippen LogP contribution < -0.4 is 0 Å². The molecule has 0 amide bonds. The summed E-state index contributed by atoms with van der Waals surface area (Å²) in [5.74, 6) is -5.28. The van der Waals surface area contributed by atoms with Crippen molar-refractivity contribution in [2.24, 2.45) is 0 Å². The van der Waals surface area contributed by atoms with Crippen molar-refractivity contribution in [2.75, 3.05) is 0 Å². The van der Waals surface area contributed by atoms with Crippen LogP contribution in [0.15, 0.2) is 48.5 Å². The van der Waals surface area contributed by atoms with E-state index in [1.807, 2.05) is 6.92 Å². The molecular formula is C20H19O8+. The first-order valence-electron chi connectivity index (χ1n) is 8.22. The molecule has 0 saturated carbocycles. The fourth-order valence-corrected chi connectivity index (χ4v) is 2.24. The molecule has 3 N–H and O–H groups in total. The highest BCUT2D eigenvalue weighted by Crippen LogP contribution is 2.14. The molecule has 146 valence electrons. The summed E-state index contributed by atoms with van der Waals surface area (Å²) >= 11 is 0. The van der Waals surface area contributed by atoms with E-state index < -0.39 is 36.1 Å². The number of rotatable bonds is 7. The average molecular weight is 387 g/mol. The Bertz CT molecular complexity index is 808. The number of carboxylic acids is 2. The molecule has 0 bridgehead atoms. The van der Waals surface area contributed by atoms with Crippen LogP contribution in [0.5, 0.6) is 0 Å². The lowest BCUT2D eigenvalue weighted by molar-refractivity contribution is -0.165. The van der Waals surface area contributed by atoms with E-state index in [-0.39, 0.29) is 11.1 Å². The molecular weight excluding hydrogens is 368 g/mol. The van der Waals surface area contributed by atoms with Crippen molar-refractivity contribution in [3.05, 3.63) is 70.8 Å². The van der Waals surface area contributed by atoms with Crippen LogP contribution in [-0.4, -0.2) is 51.1 Å². The number of carbonyl (C=O) groups is 3. The highest BCUT2D eigenvalue weighted by Gasteiger charge is 2.46. The second kappa shape index (κ2) is 8.81. The minimum absolute atomic E-state index is 0.0488. The van der Waals surface area contributed by atoms with Gasteiger partial charge in [-0.2, -0.15) is 0 Å². The Hall–Kier alpha value is -3.68. The van der Waals surface area contributed by atoms with Gasteiger partial charge in [-0.25, -0.2) is 14.4 Å². The normalized spacial score (nSPS) is 12.5. The van der Waals surface area contributed by atoms with Gasteiger partial charge in [0.1, 0.15) is 5.56 Å². The number of aliphatic carboxylic acids is 2. The quantitative estimate of drug-likeness (QED) is 0.548. The summed E-state index contributed by atoms with van der Waals surface area (Å²) in [6, 6.07) is 12.3. The molecule has 0 aliphatic carbocycles. The van der Waals surface area contributed by atoms with Gasteiger partial charge in [0.25, 0.3) is 6.10 Å². The fourth-order valence-electron chi connectivity index (χ4n) is 2.24.